The van der Waals surface area contributed by atoms with E-state index in [9.17, 15) is 9.90 Å². The quantitative estimate of drug-likeness (QED) is 0.705. The molecule has 0 fully saturated rings. The Balaban J connectivity index is 3.34. The van der Waals surface area contributed by atoms with Crippen molar-refractivity contribution in [3.8, 4) is 6.07 Å². The van der Waals surface area contributed by atoms with Crippen LogP contribution in [0.5, 0.6) is 0 Å². The van der Waals surface area contributed by atoms with Gasteiger partial charge in [-0.15, -0.1) is 0 Å². The molecule has 0 aliphatic carbocycles. The average molecular weight is 225 g/mol. The van der Waals surface area contributed by atoms with Crippen LogP contribution in [-0.4, -0.2) is 5.97 Å². The fraction of sp³-hybridized carbons (Fsp3) is 0. The van der Waals surface area contributed by atoms with Gasteiger partial charge in [-0.25, -0.2) is 0 Å². The number of carbonyl (C=O) groups is 1. The molecule has 1 aromatic rings. The van der Waals surface area contributed by atoms with Crippen LogP contribution in [0.2, 0.25) is 0 Å². The average Bonchev–Trinajstić information content (AvgIpc) is 2.04. The van der Waals surface area contributed by atoms with Crippen LogP contribution in [0.15, 0.2) is 22.7 Å². The summed E-state index contributed by atoms with van der Waals surface area (Å²) < 4.78 is 0.612. The normalized spacial score (nSPS) is 9.00. The van der Waals surface area contributed by atoms with Gasteiger partial charge in [0, 0.05) is 10.0 Å². The molecule has 0 unspecified atom stereocenters. The second kappa shape index (κ2) is 3.37. The Bertz CT molecular complexity index is 368. The first-order valence-corrected chi connectivity index (χ1v) is 3.85. The maximum Gasteiger partial charge on any atom is 0.0998 e. The van der Waals surface area contributed by atoms with Crippen LogP contribution >= 0.6 is 15.9 Å². The van der Waals surface area contributed by atoms with Gasteiger partial charge in [0.1, 0.15) is 0 Å². The predicted molar refractivity (Wildman–Crippen MR) is 43.2 cm³/mol. The molecule has 1 aromatic carbocycles. The van der Waals surface area contributed by atoms with Crippen molar-refractivity contribution < 1.29 is 9.90 Å². The number of hydrogen-bond donors (Lipinski definition) is 0. The zero-order chi connectivity index (χ0) is 9.14. The fourth-order valence-corrected chi connectivity index (χ4v) is 1.14. The number of benzene rings is 1. The van der Waals surface area contributed by atoms with Crippen molar-refractivity contribution in [2.24, 2.45) is 0 Å². The molecule has 0 saturated carbocycles. The van der Waals surface area contributed by atoms with Crippen molar-refractivity contribution in [1.29, 1.82) is 5.26 Å². The third kappa shape index (κ3) is 1.63. The third-order valence-electron chi connectivity index (χ3n) is 1.32. The van der Waals surface area contributed by atoms with Crippen molar-refractivity contribution in [3.05, 3.63) is 33.8 Å². The Morgan fingerprint density at radius 1 is 1.58 bits per heavy atom. The van der Waals surface area contributed by atoms with Gasteiger partial charge >= 0.3 is 0 Å². The van der Waals surface area contributed by atoms with Gasteiger partial charge < -0.3 is 9.90 Å². The molecule has 60 valence electrons. The highest BCUT2D eigenvalue weighted by Gasteiger charge is 2.02. The largest absolute Gasteiger partial charge is 0.545 e. The lowest BCUT2D eigenvalue weighted by molar-refractivity contribution is -0.255. The summed E-state index contributed by atoms with van der Waals surface area (Å²) in [6.07, 6.45) is 0. The molecule has 0 heterocycles. The predicted octanol–water partition coefficient (Wildman–Crippen LogP) is 0.684. The number of nitriles is 1. The van der Waals surface area contributed by atoms with Crippen molar-refractivity contribution in [2.75, 3.05) is 0 Å². The maximum atomic E-state index is 10.4. The number of rotatable bonds is 1. The van der Waals surface area contributed by atoms with Crippen LogP contribution in [0.1, 0.15) is 15.9 Å². The lowest BCUT2D eigenvalue weighted by Gasteiger charge is -2.04. The summed E-state index contributed by atoms with van der Waals surface area (Å²) in [5.74, 6) is -1.34. The molecule has 0 atom stereocenters. The minimum atomic E-state index is -1.34. The first kappa shape index (κ1) is 8.75. The molecule has 12 heavy (non-hydrogen) atoms. The number of carboxylic acid groups (broad SMARTS) is 1. The van der Waals surface area contributed by atoms with Gasteiger partial charge in [-0.1, -0.05) is 15.9 Å². The van der Waals surface area contributed by atoms with E-state index in [2.05, 4.69) is 15.9 Å². The van der Waals surface area contributed by atoms with Crippen LogP contribution in [0, 0.1) is 11.3 Å². The monoisotopic (exact) mass is 224 g/mol. The Labute approximate surface area is 77.4 Å². The SMILES string of the molecule is N#Cc1ccc(Br)cc1C(=O)[O-]. The smallest absolute Gasteiger partial charge is 0.0998 e. The van der Waals surface area contributed by atoms with E-state index >= 15 is 0 Å². The topological polar surface area (TPSA) is 63.9 Å². The lowest BCUT2D eigenvalue weighted by atomic mass is 10.1. The molecule has 4 heteroatoms. The van der Waals surface area contributed by atoms with Crippen molar-refractivity contribution >= 4 is 21.9 Å². The molecular formula is C8H3BrNO2-. The second-order valence-electron chi connectivity index (χ2n) is 2.09. The van der Waals surface area contributed by atoms with Crippen molar-refractivity contribution in [2.45, 2.75) is 0 Å². The van der Waals surface area contributed by atoms with Gasteiger partial charge in [0.15, 0.2) is 0 Å². The highest BCUT2D eigenvalue weighted by molar-refractivity contribution is 9.10. The summed E-state index contributed by atoms with van der Waals surface area (Å²) in [6, 6.07) is 6.13. The Kier molecular flexibility index (Phi) is 2.46. The molecule has 0 radical (unpaired) electrons. The molecule has 0 saturated heterocycles. The van der Waals surface area contributed by atoms with E-state index in [1.807, 2.05) is 0 Å². The summed E-state index contributed by atoms with van der Waals surface area (Å²) in [6.45, 7) is 0. The molecule has 0 aromatic heterocycles. The molecule has 3 nitrogen and oxygen atoms in total. The van der Waals surface area contributed by atoms with E-state index < -0.39 is 5.97 Å². The number of aromatic carboxylic acids is 1. The summed E-state index contributed by atoms with van der Waals surface area (Å²) in [7, 11) is 0. The molecule has 0 spiro atoms. The van der Waals surface area contributed by atoms with Crippen LogP contribution in [-0.2, 0) is 0 Å². The second-order valence-corrected chi connectivity index (χ2v) is 3.00. The van der Waals surface area contributed by atoms with Gasteiger partial charge in [-0.3, -0.25) is 0 Å². The number of halogens is 1. The summed E-state index contributed by atoms with van der Waals surface area (Å²) in [4.78, 5) is 10.4. The number of hydrogen-bond acceptors (Lipinski definition) is 3. The third-order valence-corrected chi connectivity index (χ3v) is 1.82. The standard InChI is InChI=1S/C8H4BrNO2/c9-6-2-1-5(4-10)7(3-6)8(11)12/h1-3H,(H,11,12)/p-1. The minimum absolute atomic E-state index is 0.0909. The minimum Gasteiger partial charge on any atom is -0.545 e. The van der Waals surface area contributed by atoms with E-state index in [1.165, 1.54) is 12.1 Å². The summed E-state index contributed by atoms with van der Waals surface area (Å²) in [5, 5.41) is 19.0. The van der Waals surface area contributed by atoms with E-state index in [0.717, 1.165) is 0 Å². The summed E-state index contributed by atoms with van der Waals surface area (Å²) >= 11 is 3.09. The Morgan fingerprint density at radius 2 is 2.25 bits per heavy atom. The van der Waals surface area contributed by atoms with Gasteiger partial charge in [0.05, 0.1) is 17.6 Å². The molecule has 0 aliphatic heterocycles. The number of nitrogens with zero attached hydrogens (tertiary/aromatic N) is 1. The highest BCUT2D eigenvalue weighted by atomic mass is 79.9. The molecular weight excluding hydrogens is 222 g/mol. The van der Waals surface area contributed by atoms with E-state index in [4.69, 9.17) is 5.26 Å². The van der Waals surface area contributed by atoms with Crippen LogP contribution < -0.4 is 5.11 Å². The van der Waals surface area contributed by atoms with Gasteiger partial charge in [-0.2, -0.15) is 5.26 Å². The number of carboxylic acids is 1. The van der Waals surface area contributed by atoms with E-state index in [1.54, 1.807) is 12.1 Å². The molecule has 0 aliphatic rings. The van der Waals surface area contributed by atoms with Crippen LogP contribution in [0.25, 0.3) is 0 Å². The van der Waals surface area contributed by atoms with Crippen LogP contribution in [0.4, 0.5) is 0 Å². The molecule has 1 rings (SSSR count). The first-order valence-electron chi connectivity index (χ1n) is 3.06. The van der Waals surface area contributed by atoms with Gasteiger partial charge in [0.25, 0.3) is 0 Å². The Hall–Kier alpha value is -1.34. The lowest BCUT2D eigenvalue weighted by Crippen LogP contribution is -2.23. The number of carbonyl (C=O) groups excluding carboxylic acids is 1. The van der Waals surface area contributed by atoms with E-state index in [-0.39, 0.29) is 11.1 Å². The zero-order valence-corrected chi connectivity index (χ0v) is 7.46. The zero-order valence-electron chi connectivity index (χ0n) is 5.87. The van der Waals surface area contributed by atoms with Gasteiger partial charge in [-0.05, 0) is 18.2 Å². The first-order chi connectivity index (χ1) is 5.65. The maximum absolute atomic E-state index is 10.4. The van der Waals surface area contributed by atoms with E-state index in [0.29, 0.717) is 4.47 Å². The molecule has 0 N–H and O–H groups in total. The fourth-order valence-electron chi connectivity index (χ4n) is 0.783. The van der Waals surface area contributed by atoms with Gasteiger partial charge in [0.2, 0.25) is 0 Å². The summed E-state index contributed by atoms with van der Waals surface area (Å²) in [5.41, 5.74) is 0.0186. The van der Waals surface area contributed by atoms with Crippen LogP contribution in [0.3, 0.4) is 0 Å². The highest BCUT2D eigenvalue weighted by Crippen LogP contribution is 2.15. The Morgan fingerprint density at radius 3 is 2.75 bits per heavy atom. The molecule has 0 bridgehead atoms. The van der Waals surface area contributed by atoms with Crippen molar-refractivity contribution in [1.82, 2.24) is 0 Å². The van der Waals surface area contributed by atoms with Crippen molar-refractivity contribution in [3.63, 3.8) is 0 Å². The molecule has 0 amide bonds.